The highest BCUT2D eigenvalue weighted by Gasteiger charge is 2.38. The van der Waals surface area contributed by atoms with E-state index in [2.05, 4.69) is 28.7 Å². The number of carbonyl (C=O) groups excluding carboxylic acids is 1. The number of nitrogens with zero attached hydrogens (tertiary/aromatic N) is 4. The van der Waals surface area contributed by atoms with E-state index in [0.717, 1.165) is 45.4 Å². The van der Waals surface area contributed by atoms with Crippen LogP contribution in [-0.2, 0) is 4.79 Å². The molecular weight excluding hydrogens is 389 g/mol. The van der Waals surface area contributed by atoms with Crippen LogP contribution < -0.4 is 15.4 Å². The number of halogens is 2. The van der Waals surface area contributed by atoms with E-state index in [-0.39, 0.29) is 48.1 Å². The highest BCUT2D eigenvalue weighted by molar-refractivity contribution is 5.85. The molecule has 0 aliphatic carbocycles. The second-order valence-corrected chi connectivity index (χ2v) is 7.80. The van der Waals surface area contributed by atoms with E-state index in [0.29, 0.717) is 11.8 Å². The van der Waals surface area contributed by atoms with Crippen LogP contribution in [0.4, 0.5) is 5.95 Å². The molecule has 2 N–H and O–H groups in total. The highest BCUT2D eigenvalue weighted by Crippen LogP contribution is 2.30. The summed E-state index contributed by atoms with van der Waals surface area (Å²) in [5, 5.41) is 0. The molecule has 0 aromatic carbocycles. The third-order valence-corrected chi connectivity index (χ3v) is 5.58. The number of anilines is 1. The molecule has 154 valence electrons. The first-order valence-corrected chi connectivity index (χ1v) is 9.07. The number of likely N-dealkylation sites (tertiary alicyclic amines) is 1. The standard InChI is InChI=1S/C18H29N5O2.2ClH/c1-18(2)12-23(11-7-14(18)19)16(24)13-5-9-22(10-6-13)17-20-8-4-15(21-17)25-3;;/h4,8,13-14H,5-7,9-12,19H2,1-3H3;2*1H. The van der Waals surface area contributed by atoms with Gasteiger partial charge in [0.05, 0.1) is 7.11 Å². The lowest BCUT2D eigenvalue weighted by atomic mass is 9.79. The quantitative estimate of drug-likeness (QED) is 0.807. The average Bonchev–Trinajstić information content (AvgIpc) is 2.63. The van der Waals surface area contributed by atoms with Gasteiger partial charge in [0.2, 0.25) is 17.7 Å². The van der Waals surface area contributed by atoms with Crippen molar-refractivity contribution in [1.29, 1.82) is 0 Å². The van der Waals surface area contributed by atoms with Gasteiger partial charge in [0.15, 0.2) is 0 Å². The Morgan fingerprint density at radius 1 is 1.22 bits per heavy atom. The molecule has 1 atom stereocenters. The zero-order chi connectivity index (χ0) is 18.0. The molecule has 0 saturated carbocycles. The number of hydrogen-bond donors (Lipinski definition) is 1. The van der Waals surface area contributed by atoms with Crippen molar-refractivity contribution in [2.24, 2.45) is 17.1 Å². The van der Waals surface area contributed by atoms with E-state index in [1.165, 1.54) is 0 Å². The lowest BCUT2D eigenvalue weighted by molar-refractivity contribution is -0.139. The van der Waals surface area contributed by atoms with E-state index in [4.69, 9.17) is 10.5 Å². The van der Waals surface area contributed by atoms with Crippen LogP contribution in [0.2, 0.25) is 0 Å². The summed E-state index contributed by atoms with van der Waals surface area (Å²) in [7, 11) is 1.60. The van der Waals surface area contributed by atoms with Crippen molar-refractivity contribution >= 4 is 36.7 Å². The number of rotatable bonds is 3. The van der Waals surface area contributed by atoms with Gasteiger partial charge in [-0.25, -0.2) is 4.98 Å². The summed E-state index contributed by atoms with van der Waals surface area (Å²) < 4.78 is 5.16. The van der Waals surface area contributed by atoms with Crippen LogP contribution in [0.25, 0.3) is 0 Å². The van der Waals surface area contributed by atoms with Gasteiger partial charge in [-0.1, -0.05) is 13.8 Å². The normalized spacial score (nSPS) is 22.4. The van der Waals surface area contributed by atoms with Gasteiger partial charge < -0.3 is 20.3 Å². The Balaban J connectivity index is 0.00000182. The predicted octanol–water partition coefficient (Wildman–Crippen LogP) is 2.13. The lowest BCUT2D eigenvalue weighted by Gasteiger charge is -2.44. The Bertz CT molecular complexity index is 624. The van der Waals surface area contributed by atoms with Gasteiger partial charge in [-0.2, -0.15) is 4.98 Å². The molecule has 3 rings (SSSR count). The third-order valence-electron chi connectivity index (χ3n) is 5.58. The fraction of sp³-hybridized carbons (Fsp3) is 0.722. The molecule has 0 radical (unpaired) electrons. The number of amides is 1. The van der Waals surface area contributed by atoms with Crippen LogP contribution in [0.3, 0.4) is 0 Å². The molecule has 2 aliphatic heterocycles. The van der Waals surface area contributed by atoms with Crippen molar-refractivity contribution in [1.82, 2.24) is 14.9 Å². The number of methoxy groups -OCH3 is 1. The Hall–Kier alpha value is -1.31. The minimum atomic E-state index is -0.0109. The van der Waals surface area contributed by atoms with Crippen LogP contribution in [0.15, 0.2) is 12.3 Å². The van der Waals surface area contributed by atoms with Gasteiger partial charge in [0, 0.05) is 50.4 Å². The van der Waals surface area contributed by atoms with Crippen LogP contribution in [0, 0.1) is 11.3 Å². The van der Waals surface area contributed by atoms with Gasteiger partial charge in [0.1, 0.15) is 0 Å². The van der Waals surface area contributed by atoms with E-state index in [1.807, 2.05) is 4.90 Å². The second kappa shape index (κ2) is 9.75. The van der Waals surface area contributed by atoms with Crippen LogP contribution in [-0.4, -0.2) is 60.1 Å². The number of carbonyl (C=O) groups is 1. The van der Waals surface area contributed by atoms with E-state index in [9.17, 15) is 4.79 Å². The summed E-state index contributed by atoms with van der Waals surface area (Å²) in [5.41, 5.74) is 6.18. The molecule has 2 aliphatic rings. The molecule has 0 bridgehead atoms. The highest BCUT2D eigenvalue weighted by atomic mass is 35.5. The molecule has 3 heterocycles. The molecule has 27 heavy (non-hydrogen) atoms. The minimum Gasteiger partial charge on any atom is -0.481 e. The Labute approximate surface area is 173 Å². The summed E-state index contributed by atoms with van der Waals surface area (Å²) in [6.45, 7) is 7.43. The summed E-state index contributed by atoms with van der Waals surface area (Å²) in [4.78, 5) is 25.8. The fourth-order valence-electron chi connectivity index (χ4n) is 3.75. The maximum Gasteiger partial charge on any atom is 0.228 e. The summed E-state index contributed by atoms with van der Waals surface area (Å²) in [5.74, 6) is 1.61. The fourth-order valence-corrected chi connectivity index (χ4v) is 3.75. The number of aromatic nitrogens is 2. The first-order chi connectivity index (χ1) is 11.9. The topological polar surface area (TPSA) is 84.6 Å². The Morgan fingerprint density at radius 2 is 1.89 bits per heavy atom. The van der Waals surface area contributed by atoms with Crippen LogP contribution >= 0.6 is 24.8 Å². The SMILES string of the molecule is COc1ccnc(N2CCC(C(=O)N3CCC(N)C(C)(C)C3)CC2)n1.Cl.Cl. The zero-order valence-electron chi connectivity index (χ0n) is 16.3. The van der Waals surface area contributed by atoms with Gasteiger partial charge >= 0.3 is 0 Å². The number of ether oxygens (including phenoxy) is 1. The molecule has 1 aromatic rings. The molecule has 1 aromatic heterocycles. The molecule has 1 unspecified atom stereocenters. The second-order valence-electron chi connectivity index (χ2n) is 7.80. The third kappa shape index (κ3) is 5.36. The van der Waals surface area contributed by atoms with Crippen LogP contribution in [0.5, 0.6) is 5.88 Å². The minimum absolute atomic E-state index is 0. The summed E-state index contributed by atoms with van der Waals surface area (Å²) in [6, 6.07) is 1.91. The maximum atomic E-state index is 12.9. The van der Waals surface area contributed by atoms with Crippen molar-refractivity contribution in [2.75, 3.05) is 38.2 Å². The molecular formula is C18H31Cl2N5O2. The maximum absolute atomic E-state index is 12.9. The Morgan fingerprint density at radius 3 is 2.48 bits per heavy atom. The Kier molecular flexibility index (Phi) is 8.57. The largest absolute Gasteiger partial charge is 0.481 e. The van der Waals surface area contributed by atoms with E-state index in [1.54, 1.807) is 19.4 Å². The monoisotopic (exact) mass is 419 g/mol. The molecule has 0 spiro atoms. The molecule has 1 amide bonds. The van der Waals surface area contributed by atoms with Gasteiger partial charge in [-0.05, 0) is 24.7 Å². The number of hydrogen-bond acceptors (Lipinski definition) is 6. The summed E-state index contributed by atoms with van der Waals surface area (Å²) >= 11 is 0. The van der Waals surface area contributed by atoms with Crippen LogP contribution in [0.1, 0.15) is 33.1 Å². The summed E-state index contributed by atoms with van der Waals surface area (Å²) in [6.07, 6.45) is 4.26. The number of nitrogens with two attached hydrogens (primary N) is 1. The molecule has 7 nitrogen and oxygen atoms in total. The smallest absolute Gasteiger partial charge is 0.228 e. The van der Waals surface area contributed by atoms with Crippen molar-refractivity contribution in [2.45, 2.75) is 39.2 Å². The van der Waals surface area contributed by atoms with Crippen molar-refractivity contribution in [3.8, 4) is 5.88 Å². The zero-order valence-corrected chi connectivity index (χ0v) is 17.9. The molecule has 2 saturated heterocycles. The predicted molar refractivity (Wildman–Crippen MR) is 111 cm³/mol. The van der Waals surface area contributed by atoms with E-state index >= 15 is 0 Å². The first kappa shape index (κ1) is 23.7. The molecule has 2 fully saturated rings. The van der Waals surface area contributed by atoms with Crippen molar-refractivity contribution in [3.05, 3.63) is 12.3 Å². The first-order valence-electron chi connectivity index (χ1n) is 9.07. The average molecular weight is 420 g/mol. The number of piperidine rings is 2. The van der Waals surface area contributed by atoms with Gasteiger partial charge in [-0.15, -0.1) is 24.8 Å². The van der Waals surface area contributed by atoms with Crippen molar-refractivity contribution < 1.29 is 9.53 Å². The lowest BCUT2D eigenvalue weighted by Crippen LogP contribution is -2.55. The van der Waals surface area contributed by atoms with E-state index < -0.39 is 0 Å². The molecule has 9 heteroatoms. The van der Waals surface area contributed by atoms with Gasteiger partial charge in [0.25, 0.3) is 0 Å². The van der Waals surface area contributed by atoms with Gasteiger partial charge in [-0.3, -0.25) is 4.79 Å². The van der Waals surface area contributed by atoms with Crippen molar-refractivity contribution in [3.63, 3.8) is 0 Å².